The van der Waals surface area contributed by atoms with Crippen molar-refractivity contribution in [1.82, 2.24) is 14.4 Å². The minimum absolute atomic E-state index is 0.224. The maximum atomic E-state index is 6.08. The van der Waals surface area contributed by atoms with Crippen LogP contribution in [0.4, 0.5) is 5.82 Å². The number of aliphatic imine (C=N–C) groups is 1. The molecular formula is C21H29N7S. The van der Waals surface area contributed by atoms with Crippen LogP contribution in [0.2, 0.25) is 0 Å². The number of fused-ring (bicyclic) bond motifs is 1. The average Bonchev–Trinajstić information content (AvgIpc) is 3.35. The highest BCUT2D eigenvalue weighted by molar-refractivity contribution is 7.13. The van der Waals surface area contributed by atoms with Crippen LogP contribution < -0.4 is 16.8 Å². The van der Waals surface area contributed by atoms with Crippen molar-refractivity contribution >= 4 is 29.0 Å². The molecule has 8 heteroatoms. The lowest BCUT2D eigenvalue weighted by Gasteiger charge is -2.10. The SMILES string of the molecule is CCCCC(CN)c1cn2c(-c3cc(C)cs3)cnc(NC(C=NC)=CN)c2n1. The maximum Gasteiger partial charge on any atom is 0.181 e. The van der Waals surface area contributed by atoms with Crippen molar-refractivity contribution in [3.05, 3.63) is 47.0 Å². The molecule has 0 radical (unpaired) electrons. The van der Waals surface area contributed by atoms with Crippen LogP contribution in [0.1, 0.15) is 43.4 Å². The Bertz CT molecular complexity index is 1020. The zero-order valence-corrected chi connectivity index (χ0v) is 18.0. The van der Waals surface area contributed by atoms with E-state index in [1.165, 1.54) is 11.8 Å². The zero-order chi connectivity index (χ0) is 20.8. The number of anilines is 1. The number of rotatable bonds is 9. The summed E-state index contributed by atoms with van der Waals surface area (Å²) >= 11 is 1.70. The molecule has 1 unspecified atom stereocenters. The van der Waals surface area contributed by atoms with Crippen LogP contribution in [0, 0.1) is 6.92 Å². The highest BCUT2D eigenvalue weighted by atomic mass is 32.1. The number of thiophene rings is 1. The lowest BCUT2D eigenvalue weighted by Crippen LogP contribution is -2.12. The molecule has 3 heterocycles. The summed E-state index contributed by atoms with van der Waals surface area (Å²) in [4.78, 5) is 14.8. The van der Waals surface area contributed by atoms with E-state index in [4.69, 9.17) is 16.5 Å². The van der Waals surface area contributed by atoms with Gasteiger partial charge in [0.1, 0.15) is 0 Å². The molecule has 0 amide bonds. The van der Waals surface area contributed by atoms with Gasteiger partial charge in [-0.1, -0.05) is 19.8 Å². The number of allylic oxidation sites excluding steroid dienone is 1. The van der Waals surface area contributed by atoms with E-state index in [0.717, 1.165) is 41.2 Å². The van der Waals surface area contributed by atoms with E-state index < -0.39 is 0 Å². The monoisotopic (exact) mass is 411 g/mol. The smallest absolute Gasteiger partial charge is 0.181 e. The fraction of sp³-hybridized carbons (Fsp3) is 0.381. The van der Waals surface area contributed by atoms with Gasteiger partial charge in [0.15, 0.2) is 11.5 Å². The fourth-order valence-electron chi connectivity index (χ4n) is 3.26. The Hall–Kier alpha value is -2.71. The molecule has 0 saturated heterocycles. The summed E-state index contributed by atoms with van der Waals surface area (Å²) in [5, 5.41) is 5.38. The Morgan fingerprint density at radius 1 is 1.45 bits per heavy atom. The van der Waals surface area contributed by atoms with E-state index in [1.54, 1.807) is 24.6 Å². The Kier molecular flexibility index (Phi) is 7.00. The fourth-order valence-corrected chi connectivity index (χ4v) is 4.16. The van der Waals surface area contributed by atoms with Gasteiger partial charge in [-0.05, 0) is 30.4 Å². The van der Waals surface area contributed by atoms with Crippen molar-refractivity contribution in [3.8, 4) is 10.6 Å². The van der Waals surface area contributed by atoms with E-state index in [0.29, 0.717) is 18.1 Å². The van der Waals surface area contributed by atoms with Crippen LogP contribution >= 0.6 is 11.3 Å². The van der Waals surface area contributed by atoms with Gasteiger partial charge in [0, 0.05) is 38.1 Å². The largest absolute Gasteiger partial charge is 0.403 e. The molecule has 0 spiro atoms. The van der Waals surface area contributed by atoms with Crippen LogP contribution in [-0.2, 0) is 0 Å². The topological polar surface area (TPSA) is 107 Å². The van der Waals surface area contributed by atoms with Crippen LogP contribution in [0.25, 0.3) is 16.2 Å². The number of aryl methyl sites for hydroxylation is 1. The molecule has 0 aromatic carbocycles. The third-order valence-electron chi connectivity index (χ3n) is 4.81. The van der Waals surface area contributed by atoms with E-state index in [1.807, 2.05) is 6.20 Å². The number of unbranched alkanes of at least 4 members (excludes halogenated alkanes) is 1. The predicted molar refractivity (Wildman–Crippen MR) is 123 cm³/mol. The Labute approximate surface area is 175 Å². The molecule has 154 valence electrons. The standard InChI is InChI=1S/C21H29N7S/c1-4-5-6-15(8-22)17-12-28-18(19-7-14(2)13-29-19)11-25-20(21(28)27-17)26-16(9-23)10-24-3/h7,9-13,15H,4-6,8,22-23H2,1-3H3,(H,25,26). The molecule has 3 rings (SSSR count). The van der Waals surface area contributed by atoms with Gasteiger partial charge >= 0.3 is 0 Å². The summed E-state index contributed by atoms with van der Waals surface area (Å²) < 4.78 is 2.10. The summed E-state index contributed by atoms with van der Waals surface area (Å²) in [6.45, 7) is 4.86. The van der Waals surface area contributed by atoms with Crippen molar-refractivity contribution in [1.29, 1.82) is 0 Å². The molecule has 29 heavy (non-hydrogen) atoms. The molecule has 7 nitrogen and oxygen atoms in total. The Morgan fingerprint density at radius 2 is 2.28 bits per heavy atom. The van der Waals surface area contributed by atoms with Crippen molar-refractivity contribution in [2.75, 3.05) is 18.9 Å². The molecule has 3 aromatic rings. The molecule has 1 atom stereocenters. The summed E-state index contributed by atoms with van der Waals surface area (Å²) in [6, 6.07) is 2.17. The molecule has 0 aliphatic heterocycles. The van der Waals surface area contributed by atoms with Gasteiger partial charge in [0.25, 0.3) is 0 Å². The van der Waals surface area contributed by atoms with Crippen molar-refractivity contribution < 1.29 is 0 Å². The van der Waals surface area contributed by atoms with Gasteiger partial charge in [-0.15, -0.1) is 11.3 Å². The highest BCUT2D eigenvalue weighted by Gasteiger charge is 2.19. The second-order valence-electron chi connectivity index (χ2n) is 7.05. The first kappa shape index (κ1) is 21.0. The lowest BCUT2D eigenvalue weighted by molar-refractivity contribution is 0.582. The maximum absolute atomic E-state index is 6.08. The number of aromatic nitrogens is 3. The number of nitrogens with two attached hydrogens (primary N) is 2. The van der Waals surface area contributed by atoms with Crippen molar-refractivity contribution in [3.63, 3.8) is 0 Å². The number of nitrogens with zero attached hydrogens (tertiary/aromatic N) is 4. The van der Waals surface area contributed by atoms with E-state index in [-0.39, 0.29) is 5.92 Å². The van der Waals surface area contributed by atoms with Gasteiger partial charge < -0.3 is 16.8 Å². The molecule has 0 aliphatic carbocycles. The van der Waals surface area contributed by atoms with Gasteiger partial charge in [-0.3, -0.25) is 9.39 Å². The van der Waals surface area contributed by atoms with Crippen LogP contribution in [0.5, 0.6) is 0 Å². The van der Waals surface area contributed by atoms with Gasteiger partial charge in [0.2, 0.25) is 0 Å². The quantitative estimate of drug-likeness (QED) is 0.463. The summed E-state index contributed by atoms with van der Waals surface area (Å²) in [6.07, 6.45) is 10.4. The van der Waals surface area contributed by atoms with E-state index >= 15 is 0 Å². The molecule has 0 aliphatic rings. The normalized spacial score (nSPS) is 13.4. The number of hydrogen-bond donors (Lipinski definition) is 3. The van der Waals surface area contributed by atoms with Crippen LogP contribution in [0.15, 0.2) is 40.7 Å². The van der Waals surface area contributed by atoms with E-state index in [2.05, 4.69) is 51.2 Å². The minimum atomic E-state index is 0.224. The third kappa shape index (κ3) is 4.65. The Balaban J connectivity index is 2.13. The summed E-state index contributed by atoms with van der Waals surface area (Å²) in [5.41, 5.74) is 16.4. The second-order valence-corrected chi connectivity index (χ2v) is 7.96. The average molecular weight is 412 g/mol. The number of hydrogen-bond acceptors (Lipinski definition) is 7. The van der Waals surface area contributed by atoms with E-state index in [9.17, 15) is 0 Å². The number of imidazole rings is 1. The summed E-state index contributed by atoms with van der Waals surface area (Å²) in [5.74, 6) is 0.860. The molecule has 0 saturated carbocycles. The Morgan fingerprint density at radius 3 is 2.90 bits per heavy atom. The third-order valence-corrected chi connectivity index (χ3v) is 5.88. The molecule has 0 fully saturated rings. The predicted octanol–water partition coefficient (Wildman–Crippen LogP) is 3.91. The van der Waals surface area contributed by atoms with Gasteiger partial charge in [-0.2, -0.15) is 0 Å². The molecular weight excluding hydrogens is 382 g/mol. The van der Waals surface area contributed by atoms with Crippen molar-refractivity contribution in [2.45, 2.75) is 39.0 Å². The zero-order valence-electron chi connectivity index (χ0n) is 17.2. The second kappa shape index (κ2) is 9.67. The van der Waals surface area contributed by atoms with Gasteiger partial charge in [0.05, 0.1) is 28.2 Å². The summed E-state index contributed by atoms with van der Waals surface area (Å²) in [7, 11) is 1.70. The molecule has 3 aromatic heterocycles. The lowest BCUT2D eigenvalue weighted by atomic mass is 9.99. The van der Waals surface area contributed by atoms with Crippen LogP contribution in [0.3, 0.4) is 0 Å². The van der Waals surface area contributed by atoms with Gasteiger partial charge in [-0.25, -0.2) is 9.97 Å². The highest BCUT2D eigenvalue weighted by Crippen LogP contribution is 2.31. The van der Waals surface area contributed by atoms with Crippen molar-refractivity contribution in [2.24, 2.45) is 16.5 Å². The minimum Gasteiger partial charge on any atom is -0.403 e. The molecule has 0 bridgehead atoms. The first-order valence-corrected chi connectivity index (χ1v) is 10.7. The van der Waals surface area contributed by atoms with Crippen LogP contribution in [-0.4, -0.2) is 34.2 Å². The first-order valence-electron chi connectivity index (χ1n) is 9.85. The number of nitrogens with one attached hydrogen (secondary N) is 1. The molecule has 5 N–H and O–H groups in total. The first-order chi connectivity index (χ1) is 14.1.